The molecule has 1 aromatic carbocycles. The van der Waals surface area contributed by atoms with Crippen molar-refractivity contribution in [2.24, 2.45) is 0 Å². The number of rotatable bonds is 2. The molecule has 0 amide bonds. The Kier molecular flexibility index (Phi) is 4.25. The van der Waals surface area contributed by atoms with Gasteiger partial charge in [-0.15, -0.1) is 34.0 Å². The van der Waals surface area contributed by atoms with E-state index in [1.54, 1.807) is 0 Å². The van der Waals surface area contributed by atoms with Crippen molar-refractivity contribution in [1.82, 2.24) is 4.98 Å². The fourth-order valence-corrected chi connectivity index (χ4v) is 7.26. The standard InChI is InChI=1S/C16H11I2NS3/c1-7(2)10-5-11-12(20-10)6-13(21-11)16-19-14-8(17)3-4-9(18)15(14)22-16/h3-7H,1-2H3. The predicted molar refractivity (Wildman–Crippen MR) is 118 cm³/mol. The molecule has 3 heterocycles. The molecule has 22 heavy (non-hydrogen) atoms. The average Bonchev–Trinajstić information content (AvgIpc) is 3.13. The summed E-state index contributed by atoms with van der Waals surface area (Å²) in [5.74, 6) is 0.610. The molecule has 6 heteroatoms. The second-order valence-electron chi connectivity index (χ2n) is 5.37. The Morgan fingerprint density at radius 2 is 1.68 bits per heavy atom. The zero-order valence-corrected chi connectivity index (χ0v) is 18.6. The lowest BCUT2D eigenvalue weighted by molar-refractivity contribution is 0.891. The molecule has 0 atom stereocenters. The Labute approximate surface area is 168 Å². The molecule has 0 fully saturated rings. The van der Waals surface area contributed by atoms with E-state index in [1.165, 1.54) is 31.0 Å². The van der Waals surface area contributed by atoms with Gasteiger partial charge in [0.15, 0.2) is 0 Å². The van der Waals surface area contributed by atoms with E-state index in [0.29, 0.717) is 5.92 Å². The fourth-order valence-electron chi connectivity index (χ4n) is 2.29. The topological polar surface area (TPSA) is 12.9 Å². The first-order valence-corrected chi connectivity index (χ1v) is 11.4. The molecule has 3 aromatic heterocycles. The Morgan fingerprint density at radius 1 is 0.955 bits per heavy atom. The summed E-state index contributed by atoms with van der Waals surface area (Å²) >= 11 is 10.4. The van der Waals surface area contributed by atoms with Crippen LogP contribution in [-0.2, 0) is 0 Å². The van der Waals surface area contributed by atoms with Crippen LogP contribution in [0, 0.1) is 7.14 Å². The van der Waals surface area contributed by atoms with E-state index in [9.17, 15) is 0 Å². The van der Waals surface area contributed by atoms with E-state index in [1.807, 2.05) is 34.0 Å². The minimum absolute atomic E-state index is 0.610. The Hall–Kier alpha value is 0.230. The van der Waals surface area contributed by atoms with E-state index in [4.69, 9.17) is 4.98 Å². The van der Waals surface area contributed by atoms with Crippen molar-refractivity contribution in [3.8, 4) is 9.88 Å². The number of hydrogen-bond acceptors (Lipinski definition) is 4. The van der Waals surface area contributed by atoms with E-state index in [0.717, 1.165) is 10.5 Å². The highest BCUT2D eigenvalue weighted by Gasteiger charge is 2.15. The summed E-state index contributed by atoms with van der Waals surface area (Å²) in [6, 6.07) is 8.98. The zero-order chi connectivity index (χ0) is 15.4. The molecule has 0 spiro atoms. The molecule has 112 valence electrons. The van der Waals surface area contributed by atoms with Gasteiger partial charge in [0.05, 0.1) is 15.1 Å². The zero-order valence-electron chi connectivity index (χ0n) is 11.8. The van der Waals surface area contributed by atoms with Gasteiger partial charge >= 0.3 is 0 Å². The molecule has 0 aliphatic carbocycles. The minimum atomic E-state index is 0.610. The van der Waals surface area contributed by atoms with Gasteiger partial charge < -0.3 is 0 Å². The maximum Gasteiger partial charge on any atom is 0.134 e. The summed E-state index contributed by atoms with van der Waals surface area (Å²) < 4.78 is 6.62. The summed E-state index contributed by atoms with van der Waals surface area (Å²) in [5.41, 5.74) is 1.15. The van der Waals surface area contributed by atoms with E-state index >= 15 is 0 Å². The molecule has 1 nitrogen and oxygen atoms in total. The molecular weight excluding hydrogens is 556 g/mol. The van der Waals surface area contributed by atoms with Gasteiger partial charge in [0.25, 0.3) is 0 Å². The first-order chi connectivity index (χ1) is 10.5. The van der Waals surface area contributed by atoms with Crippen LogP contribution >= 0.6 is 79.2 Å². The third-order valence-electron chi connectivity index (χ3n) is 3.45. The van der Waals surface area contributed by atoms with Gasteiger partial charge in [0.1, 0.15) is 5.01 Å². The third kappa shape index (κ3) is 2.64. The van der Waals surface area contributed by atoms with Crippen molar-refractivity contribution in [3.05, 3.63) is 36.3 Å². The van der Waals surface area contributed by atoms with Gasteiger partial charge in [-0.1, -0.05) is 13.8 Å². The highest BCUT2D eigenvalue weighted by molar-refractivity contribution is 14.1. The summed E-state index contributed by atoms with van der Waals surface area (Å²) in [4.78, 5) is 7.67. The maximum atomic E-state index is 4.90. The Bertz CT molecular complexity index is 923. The van der Waals surface area contributed by atoms with Crippen molar-refractivity contribution in [2.75, 3.05) is 0 Å². The number of benzene rings is 1. The van der Waals surface area contributed by atoms with Gasteiger partial charge in [-0.25, -0.2) is 4.98 Å². The van der Waals surface area contributed by atoms with Crippen molar-refractivity contribution in [3.63, 3.8) is 0 Å². The molecule has 0 aliphatic heterocycles. The first kappa shape index (κ1) is 15.7. The summed E-state index contributed by atoms with van der Waals surface area (Å²) in [6.07, 6.45) is 0. The van der Waals surface area contributed by atoms with Crippen LogP contribution in [0.3, 0.4) is 0 Å². The van der Waals surface area contributed by atoms with E-state index in [2.05, 4.69) is 83.3 Å². The van der Waals surface area contributed by atoms with Gasteiger partial charge in [0.2, 0.25) is 0 Å². The number of nitrogens with zero attached hydrogens (tertiary/aromatic N) is 1. The second-order valence-corrected chi connectivity index (χ2v) is 10.9. The van der Waals surface area contributed by atoms with Crippen LogP contribution < -0.4 is 0 Å². The highest BCUT2D eigenvalue weighted by atomic mass is 127. The molecule has 0 bridgehead atoms. The van der Waals surface area contributed by atoms with Crippen molar-refractivity contribution in [2.45, 2.75) is 19.8 Å². The average molecular weight is 567 g/mol. The lowest BCUT2D eigenvalue weighted by Gasteiger charge is -1.96. The van der Waals surface area contributed by atoms with Crippen LogP contribution in [0.2, 0.25) is 0 Å². The highest BCUT2D eigenvalue weighted by Crippen LogP contribution is 2.43. The number of aromatic nitrogens is 1. The first-order valence-electron chi connectivity index (χ1n) is 6.81. The van der Waals surface area contributed by atoms with Crippen molar-refractivity contribution < 1.29 is 0 Å². The fraction of sp³-hybridized carbons (Fsp3) is 0.188. The molecule has 0 saturated carbocycles. The second kappa shape index (κ2) is 5.94. The number of hydrogen-bond donors (Lipinski definition) is 0. The van der Waals surface area contributed by atoms with Crippen molar-refractivity contribution in [1.29, 1.82) is 0 Å². The molecule has 0 aliphatic rings. The van der Waals surface area contributed by atoms with E-state index in [-0.39, 0.29) is 0 Å². The number of halogens is 2. The summed E-state index contributed by atoms with van der Waals surface area (Å²) in [6.45, 7) is 4.52. The summed E-state index contributed by atoms with van der Waals surface area (Å²) in [7, 11) is 0. The lowest BCUT2D eigenvalue weighted by atomic mass is 10.2. The smallest absolute Gasteiger partial charge is 0.134 e. The molecule has 4 rings (SSSR count). The van der Waals surface area contributed by atoms with Crippen LogP contribution in [-0.4, -0.2) is 4.98 Å². The van der Waals surface area contributed by atoms with Crippen LogP contribution in [0.25, 0.3) is 29.5 Å². The predicted octanol–water partition coefficient (Wildman–Crippen LogP) is 7.57. The monoisotopic (exact) mass is 567 g/mol. The molecular formula is C16H11I2NS3. The largest absolute Gasteiger partial charge is 0.234 e. The normalized spacial score (nSPS) is 12.0. The molecule has 0 N–H and O–H groups in total. The number of thiazole rings is 1. The lowest BCUT2D eigenvalue weighted by Crippen LogP contribution is -1.78. The SMILES string of the molecule is CC(C)c1cc2sc(-c3nc4c(I)ccc(I)c4s3)cc2s1. The molecule has 0 unspecified atom stereocenters. The van der Waals surface area contributed by atoms with Gasteiger partial charge in [-0.3, -0.25) is 0 Å². The Morgan fingerprint density at radius 3 is 2.36 bits per heavy atom. The molecule has 0 saturated heterocycles. The number of thiophene rings is 2. The minimum Gasteiger partial charge on any atom is -0.234 e. The van der Waals surface area contributed by atoms with Crippen molar-refractivity contribution >= 4 is 98.8 Å². The van der Waals surface area contributed by atoms with Crippen LogP contribution in [0.1, 0.15) is 24.6 Å². The van der Waals surface area contributed by atoms with Gasteiger partial charge in [-0.05, 0) is 75.4 Å². The van der Waals surface area contributed by atoms with Gasteiger partial charge in [0, 0.05) is 21.4 Å². The maximum absolute atomic E-state index is 4.90. The van der Waals surface area contributed by atoms with Crippen LogP contribution in [0.15, 0.2) is 24.3 Å². The molecule has 0 radical (unpaired) electrons. The Balaban J connectivity index is 1.86. The van der Waals surface area contributed by atoms with Crippen LogP contribution in [0.5, 0.6) is 0 Å². The quantitative estimate of drug-likeness (QED) is 0.228. The number of fused-ring (bicyclic) bond motifs is 2. The van der Waals surface area contributed by atoms with E-state index < -0.39 is 0 Å². The summed E-state index contributed by atoms with van der Waals surface area (Å²) in [5, 5.41) is 1.15. The van der Waals surface area contributed by atoms with Crippen LogP contribution in [0.4, 0.5) is 0 Å². The molecule has 4 aromatic rings. The van der Waals surface area contributed by atoms with Gasteiger partial charge in [-0.2, -0.15) is 0 Å². The third-order valence-corrected chi connectivity index (χ3v) is 9.44.